The third-order valence-corrected chi connectivity index (χ3v) is 3.52. The number of halogens is 1. The van der Waals surface area contributed by atoms with Crippen molar-refractivity contribution in [1.29, 1.82) is 0 Å². The maximum atomic E-state index is 12.6. The largest absolute Gasteiger partial charge is 0.383 e. The fourth-order valence-electron chi connectivity index (χ4n) is 2.53. The summed E-state index contributed by atoms with van der Waals surface area (Å²) in [6, 6.07) is 6.03. The molecule has 0 aliphatic carbocycles. The van der Waals surface area contributed by atoms with Crippen molar-refractivity contribution in [2.75, 3.05) is 26.8 Å². The fourth-order valence-corrected chi connectivity index (χ4v) is 2.53. The lowest BCUT2D eigenvalue weighted by atomic mass is 10.0. The second-order valence-electron chi connectivity index (χ2n) is 5.72. The van der Waals surface area contributed by atoms with Gasteiger partial charge in [0.15, 0.2) is 0 Å². The summed E-state index contributed by atoms with van der Waals surface area (Å²) >= 11 is 0. The third-order valence-electron chi connectivity index (χ3n) is 3.52. The predicted molar refractivity (Wildman–Crippen MR) is 86.9 cm³/mol. The van der Waals surface area contributed by atoms with Crippen molar-refractivity contribution in [1.82, 2.24) is 10.2 Å². The van der Waals surface area contributed by atoms with Crippen molar-refractivity contribution in [2.45, 2.75) is 26.9 Å². The number of hydrogen-bond acceptors (Lipinski definition) is 3. The maximum Gasteiger partial charge on any atom is 0.253 e. The molecule has 21 heavy (non-hydrogen) atoms. The standard InChI is InChI=1S/C16H24N2O2.ClH/c1-12(2)11-18(6-7-20-3)16(19)13-4-5-14-9-17-10-15(14)8-13;/h4-5,8,12,17H,6-7,9-11H2,1-3H3;1H. The summed E-state index contributed by atoms with van der Waals surface area (Å²) < 4.78 is 5.11. The van der Waals surface area contributed by atoms with E-state index in [1.165, 1.54) is 11.1 Å². The highest BCUT2D eigenvalue weighted by molar-refractivity contribution is 5.94. The molecule has 0 spiro atoms. The number of amides is 1. The SMILES string of the molecule is COCCN(CC(C)C)C(=O)c1ccc2c(c1)CNC2.Cl. The van der Waals surface area contributed by atoms with Crippen LogP contribution in [0.5, 0.6) is 0 Å². The van der Waals surface area contributed by atoms with Crippen LogP contribution in [0.25, 0.3) is 0 Å². The number of rotatable bonds is 6. The minimum absolute atomic E-state index is 0. The lowest BCUT2D eigenvalue weighted by Crippen LogP contribution is -2.36. The lowest BCUT2D eigenvalue weighted by molar-refractivity contribution is 0.0672. The Morgan fingerprint density at radius 1 is 1.33 bits per heavy atom. The first-order valence-corrected chi connectivity index (χ1v) is 7.22. The van der Waals surface area contributed by atoms with E-state index in [4.69, 9.17) is 4.74 Å². The van der Waals surface area contributed by atoms with Crippen molar-refractivity contribution >= 4 is 18.3 Å². The Hall–Kier alpha value is -1.10. The van der Waals surface area contributed by atoms with Crippen molar-refractivity contribution < 1.29 is 9.53 Å². The molecule has 0 fully saturated rings. The number of hydrogen-bond donors (Lipinski definition) is 1. The van der Waals surface area contributed by atoms with Crippen molar-refractivity contribution in [3.05, 3.63) is 34.9 Å². The summed E-state index contributed by atoms with van der Waals surface area (Å²) in [5.41, 5.74) is 3.32. The zero-order valence-electron chi connectivity index (χ0n) is 13.0. The number of carbonyl (C=O) groups excluding carboxylic acids is 1. The lowest BCUT2D eigenvalue weighted by Gasteiger charge is -2.24. The molecule has 1 aromatic rings. The van der Waals surface area contributed by atoms with E-state index in [0.717, 1.165) is 25.2 Å². The number of fused-ring (bicyclic) bond motifs is 1. The Balaban J connectivity index is 0.00000220. The van der Waals surface area contributed by atoms with Crippen molar-refractivity contribution in [3.63, 3.8) is 0 Å². The zero-order chi connectivity index (χ0) is 14.5. The Bertz CT molecular complexity index is 477. The Morgan fingerprint density at radius 3 is 2.71 bits per heavy atom. The molecule has 0 saturated heterocycles. The highest BCUT2D eigenvalue weighted by Gasteiger charge is 2.19. The summed E-state index contributed by atoms with van der Waals surface area (Å²) in [4.78, 5) is 14.5. The molecule has 118 valence electrons. The molecule has 0 radical (unpaired) electrons. The minimum atomic E-state index is 0. The average molecular weight is 313 g/mol. The van der Waals surface area contributed by atoms with Crippen LogP contribution >= 0.6 is 12.4 Å². The summed E-state index contributed by atoms with van der Waals surface area (Å²) in [7, 11) is 1.67. The molecule has 1 amide bonds. The van der Waals surface area contributed by atoms with Gasteiger partial charge >= 0.3 is 0 Å². The molecule has 0 unspecified atom stereocenters. The first-order chi connectivity index (χ1) is 9.61. The molecule has 0 aromatic heterocycles. The van der Waals surface area contributed by atoms with Gasteiger partial charge in [0.05, 0.1) is 6.61 Å². The molecule has 4 nitrogen and oxygen atoms in total. The van der Waals surface area contributed by atoms with E-state index in [1.807, 2.05) is 17.0 Å². The predicted octanol–water partition coefficient (Wildman–Crippen LogP) is 2.46. The number of carbonyl (C=O) groups is 1. The van der Waals surface area contributed by atoms with Crippen LogP contribution in [0, 0.1) is 5.92 Å². The van der Waals surface area contributed by atoms with Gasteiger partial charge in [-0.2, -0.15) is 0 Å². The molecule has 1 aromatic carbocycles. The second-order valence-corrected chi connectivity index (χ2v) is 5.72. The highest BCUT2D eigenvalue weighted by Crippen LogP contribution is 2.18. The molecule has 0 atom stereocenters. The Labute approximate surface area is 133 Å². The van der Waals surface area contributed by atoms with Gasteiger partial charge in [0.2, 0.25) is 0 Å². The van der Waals surface area contributed by atoms with Gasteiger partial charge in [0, 0.05) is 38.9 Å². The molecule has 1 heterocycles. The number of nitrogens with one attached hydrogen (secondary N) is 1. The molecular weight excluding hydrogens is 288 g/mol. The van der Waals surface area contributed by atoms with Crippen LogP contribution in [-0.2, 0) is 17.8 Å². The van der Waals surface area contributed by atoms with E-state index in [-0.39, 0.29) is 18.3 Å². The fraction of sp³-hybridized carbons (Fsp3) is 0.562. The van der Waals surface area contributed by atoms with E-state index < -0.39 is 0 Å². The quantitative estimate of drug-likeness (QED) is 0.877. The summed E-state index contributed by atoms with van der Waals surface area (Å²) in [5, 5.41) is 3.30. The van der Waals surface area contributed by atoms with Crippen LogP contribution in [0.3, 0.4) is 0 Å². The van der Waals surface area contributed by atoms with Crippen molar-refractivity contribution in [2.24, 2.45) is 5.92 Å². The van der Waals surface area contributed by atoms with E-state index in [1.54, 1.807) is 7.11 Å². The number of ether oxygens (including phenoxy) is 1. The summed E-state index contributed by atoms with van der Waals surface area (Å²) in [6.45, 7) is 7.99. The molecule has 0 bridgehead atoms. The maximum absolute atomic E-state index is 12.6. The molecule has 2 rings (SSSR count). The van der Waals surface area contributed by atoms with Gasteiger partial charge in [-0.15, -0.1) is 12.4 Å². The van der Waals surface area contributed by atoms with Crippen molar-refractivity contribution in [3.8, 4) is 0 Å². The third kappa shape index (κ3) is 4.70. The van der Waals surface area contributed by atoms with E-state index in [2.05, 4.69) is 25.2 Å². The Kier molecular flexibility index (Phi) is 7.15. The van der Waals surface area contributed by atoms with E-state index in [9.17, 15) is 4.79 Å². The van der Waals surface area contributed by atoms with Gasteiger partial charge in [-0.1, -0.05) is 19.9 Å². The Morgan fingerprint density at radius 2 is 2.05 bits per heavy atom. The van der Waals surface area contributed by atoms with Gasteiger partial charge in [0.25, 0.3) is 5.91 Å². The highest BCUT2D eigenvalue weighted by atomic mass is 35.5. The number of nitrogens with zero attached hydrogens (tertiary/aromatic N) is 1. The smallest absolute Gasteiger partial charge is 0.253 e. The van der Waals surface area contributed by atoms with Gasteiger partial charge in [-0.05, 0) is 29.2 Å². The van der Waals surface area contributed by atoms with E-state index in [0.29, 0.717) is 19.1 Å². The molecule has 1 aliphatic rings. The van der Waals surface area contributed by atoms with E-state index >= 15 is 0 Å². The van der Waals surface area contributed by atoms with Crippen LogP contribution in [-0.4, -0.2) is 37.6 Å². The summed E-state index contributed by atoms with van der Waals surface area (Å²) in [6.07, 6.45) is 0. The molecule has 1 N–H and O–H groups in total. The van der Waals surface area contributed by atoms with Gasteiger partial charge < -0.3 is 15.0 Å². The van der Waals surface area contributed by atoms with Crippen LogP contribution in [0.1, 0.15) is 35.3 Å². The first-order valence-electron chi connectivity index (χ1n) is 7.22. The summed E-state index contributed by atoms with van der Waals surface area (Å²) in [5.74, 6) is 0.553. The topological polar surface area (TPSA) is 41.6 Å². The second kappa shape index (κ2) is 8.37. The van der Waals surface area contributed by atoms with Gasteiger partial charge in [-0.25, -0.2) is 0 Å². The number of methoxy groups -OCH3 is 1. The van der Waals surface area contributed by atoms with Gasteiger partial charge in [0.1, 0.15) is 0 Å². The van der Waals surface area contributed by atoms with Gasteiger partial charge in [-0.3, -0.25) is 4.79 Å². The van der Waals surface area contributed by atoms with Crippen LogP contribution < -0.4 is 5.32 Å². The average Bonchev–Trinajstić information content (AvgIpc) is 2.89. The molecular formula is C16H25ClN2O2. The number of benzene rings is 1. The molecule has 0 saturated carbocycles. The first kappa shape index (κ1) is 18.0. The van der Waals surface area contributed by atoms with Crippen LogP contribution in [0.15, 0.2) is 18.2 Å². The molecule has 1 aliphatic heterocycles. The van der Waals surface area contributed by atoms with Crippen LogP contribution in [0.2, 0.25) is 0 Å². The monoisotopic (exact) mass is 312 g/mol. The molecule has 5 heteroatoms. The zero-order valence-corrected chi connectivity index (χ0v) is 13.8. The minimum Gasteiger partial charge on any atom is -0.383 e. The normalized spacial score (nSPS) is 13.0. The van der Waals surface area contributed by atoms with Crippen LogP contribution in [0.4, 0.5) is 0 Å².